The Balaban J connectivity index is 2.19. The number of nitrogens with two attached hydrogens (primary N) is 1. The van der Waals surface area contributed by atoms with E-state index in [-0.39, 0.29) is 0 Å². The maximum Gasteiger partial charge on any atom is 0.128 e. The normalized spacial score (nSPS) is 10.2. The standard InChI is InChI=1S/C11H13N5S/c1-7-5-10(16(2)15-7)14-8-3-4-9(11(12)17)13-6-8/h3-6,14H,1-2H3,(H2,12,17). The third kappa shape index (κ3) is 2.59. The lowest BCUT2D eigenvalue weighted by atomic mass is 10.3. The maximum absolute atomic E-state index is 5.48. The Morgan fingerprint density at radius 2 is 2.24 bits per heavy atom. The van der Waals surface area contributed by atoms with E-state index in [1.807, 2.05) is 26.1 Å². The molecule has 0 spiro atoms. The van der Waals surface area contributed by atoms with Crippen LogP contribution in [0.4, 0.5) is 11.5 Å². The fourth-order valence-electron chi connectivity index (χ4n) is 1.49. The van der Waals surface area contributed by atoms with Crippen molar-refractivity contribution in [2.75, 3.05) is 5.32 Å². The molecule has 0 bridgehead atoms. The number of aromatic nitrogens is 3. The molecule has 2 aromatic heterocycles. The minimum Gasteiger partial charge on any atom is -0.388 e. The van der Waals surface area contributed by atoms with Gasteiger partial charge >= 0.3 is 0 Å². The van der Waals surface area contributed by atoms with Gasteiger partial charge in [0.05, 0.1) is 23.3 Å². The van der Waals surface area contributed by atoms with Gasteiger partial charge in [-0.05, 0) is 19.1 Å². The molecule has 2 rings (SSSR count). The number of pyridine rings is 1. The molecule has 6 heteroatoms. The van der Waals surface area contributed by atoms with Crippen LogP contribution >= 0.6 is 12.2 Å². The van der Waals surface area contributed by atoms with Gasteiger partial charge in [0, 0.05) is 13.1 Å². The van der Waals surface area contributed by atoms with Crippen LogP contribution in [0.5, 0.6) is 0 Å². The molecule has 0 atom stereocenters. The average molecular weight is 247 g/mol. The van der Waals surface area contributed by atoms with Gasteiger partial charge < -0.3 is 11.1 Å². The zero-order valence-electron chi connectivity index (χ0n) is 9.64. The molecule has 2 heterocycles. The molecular weight excluding hydrogens is 234 g/mol. The van der Waals surface area contributed by atoms with E-state index in [4.69, 9.17) is 18.0 Å². The van der Waals surface area contributed by atoms with Gasteiger partial charge in [0.15, 0.2) is 0 Å². The topological polar surface area (TPSA) is 68.8 Å². The fraction of sp³-hybridized carbons (Fsp3) is 0.182. The van der Waals surface area contributed by atoms with Gasteiger partial charge in [-0.3, -0.25) is 9.67 Å². The first-order chi connectivity index (χ1) is 8.06. The highest BCUT2D eigenvalue weighted by Gasteiger charge is 2.03. The summed E-state index contributed by atoms with van der Waals surface area (Å²) in [4.78, 5) is 4.45. The molecule has 0 amide bonds. The van der Waals surface area contributed by atoms with Gasteiger partial charge in [-0.1, -0.05) is 12.2 Å². The van der Waals surface area contributed by atoms with E-state index in [1.165, 1.54) is 0 Å². The van der Waals surface area contributed by atoms with Crippen molar-refractivity contribution < 1.29 is 0 Å². The summed E-state index contributed by atoms with van der Waals surface area (Å²) >= 11 is 4.84. The van der Waals surface area contributed by atoms with E-state index >= 15 is 0 Å². The summed E-state index contributed by atoms with van der Waals surface area (Å²) in [5.74, 6) is 0.910. The number of hydrogen-bond donors (Lipinski definition) is 2. The number of anilines is 2. The Morgan fingerprint density at radius 1 is 1.47 bits per heavy atom. The van der Waals surface area contributed by atoms with Crippen molar-refractivity contribution in [1.29, 1.82) is 0 Å². The van der Waals surface area contributed by atoms with E-state index in [9.17, 15) is 0 Å². The van der Waals surface area contributed by atoms with Crippen LogP contribution in [0.1, 0.15) is 11.4 Å². The van der Waals surface area contributed by atoms with Crippen LogP contribution in [0.2, 0.25) is 0 Å². The van der Waals surface area contributed by atoms with Crippen LogP contribution in [-0.2, 0) is 7.05 Å². The summed E-state index contributed by atoms with van der Waals surface area (Å²) in [5.41, 5.74) is 7.92. The molecule has 88 valence electrons. The molecule has 5 nitrogen and oxygen atoms in total. The molecule has 0 aliphatic heterocycles. The Morgan fingerprint density at radius 3 is 2.71 bits per heavy atom. The number of nitrogens with one attached hydrogen (secondary N) is 1. The van der Waals surface area contributed by atoms with Gasteiger partial charge in [-0.15, -0.1) is 0 Å². The summed E-state index contributed by atoms with van der Waals surface area (Å²) in [5, 5.41) is 7.46. The van der Waals surface area contributed by atoms with Crippen molar-refractivity contribution in [3.8, 4) is 0 Å². The van der Waals surface area contributed by atoms with E-state index < -0.39 is 0 Å². The molecule has 0 fully saturated rings. The van der Waals surface area contributed by atoms with Gasteiger partial charge in [0.25, 0.3) is 0 Å². The Bertz CT molecular complexity index is 543. The third-order valence-electron chi connectivity index (χ3n) is 2.29. The van der Waals surface area contributed by atoms with Crippen molar-refractivity contribution in [3.05, 3.63) is 35.8 Å². The fourth-order valence-corrected chi connectivity index (χ4v) is 1.61. The minimum atomic E-state index is 0.299. The molecule has 0 saturated carbocycles. The van der Waals surface area contributed by atoms with Crippen molar-refractivity contribution in [3.63, 3.8) is 0 Å². The lowest BCUT2D eigenvalue weighted by molar-refractivity contribution is 0.765. The monoisotopic (exact) mass is 247 g/mol. The summed E-state index contributed by atoms with van der Waals surface area (Å²) in [6.45, 7) is 1.94. The van der Waals surface area contributed by atoms with Gasteiger partial charge in [0.1, 0.15) is 10.8 Å². The minimum absolute atomic E-state index is 0.299. The molecular formula is C11H13N5S. The van der Waals surface area contributed by atoms with Crippen molar-refractivity contribution >= 4 is 28.7 Å². The number of nitrogens with zero attached hydrogens (tertiary/aromatic N) is 3. The first-order valence-corrected chi connectivity index (χ1v) is 5.50. The number of thiocarbonyl (C=S) groups is 1. The second-order valence-electron chi connectivity index (χ2n) is 3.72. The van der Waals surface area contributed by atoms with Gasteiger partial charge in [-0.2, -0.15) is 5.10 Å². The van der Waals surface area contributed by atoms with Crippen LogP contribution in [0, 0.1) is 6.92 Å². The molecule has 0 unspecified atom stereocenters. The zero-order chi connectivity index (χ0) is 12.4. The van der Waals surface area contributed by atoms with Crippen molar-refractivity contribution in [2.45, 2.75) is 6.92 Å². The van der Waals surface area contributed by atoms with E-state index in [0.717, 1.165) is 17.2 Å². The van der Waals surface area contributed by atoms with E-state index in [0.29, 0.717) is 10.7 Å². The summed E-state index contributed by atoms with van der Waals surface area (Å²) in [6, 6.07) is 5.62. The molecule has 0 saturated heterocycles. The number of aryl methyl sites for hydroxylation is 2. The molecule has 0 radical (unpaired) electrons. The van der Waals surface area contributed by atoms with Crippen molar-refractivity contribution in [2.24, 2.45) is 12.8 Å². The zero-order valence-corrected chi connectivity index (χ0v) is 10.5. The molecule has 0 aromatic carbocycles. The van der Waals surface area contributed by atoms with Crippen LogP contribution in [0.3, 0.4) is 0 Å². The smallest absolute Gasteiger partial charge is 0.128 e. The van der Waals surface area contributed by atoms with Gasteiger partial charge in [-0.25, -0.2) is 0 Å². The lowest BCUT2D eigenvalue weighted by Gasteiger charge is -2.06. The predicted octanol–water partition coefficient (Wildman–Crippen LogP) is 1.50. The third-order valence-corrected chi connectivity index (χ3v) is 2.50. The highest BCUT2D eigenvalue weighted by Crippen LogP contribution is 2.16. The lowest BCUT2D eigenvalue weighted by Crippen LogP contribution is -2.11. The average Bonchev–Trinajstić information content (AvgIpc) is 2.58. The number of rotatable bonds is 3. The largest absolute Gasteiger partial charge is 0.388 e. The predicted molar refractivity (Wildman–Crippen MR) is 71.4 cm³/mol. The maximum atomic E-state index is 5.48. The molecule has 3 N–H and O–H groups in total. The van der Waals surface area contributed by atoms with E-state index in [2.05, 4.69) is 15.4 Å². The Kier molecular flexibility index (Phi) is 3.06. The molecule has 0 aliphatic carbocycles. The first kappa shape index (κ1) is 11.5. The quantitative estimate of drug-likeness (QED) is 0.804. The van der Waals surface area contributed by atoms with E-state index in [1.54, 1.807) is 16.9 Å². The van der Waals surface area contributed by atoms with Crippen LogP contribution < -0.4 is 11.1 Å². The summed E-state index contributed by atoms with van der Waals surface area (Å²) in [7, 11) is 1.88. The molecule has 17 heavy (non-hydrogen) atoms. The van der Waals surface area contributed by atoms with Crippen LogP contribution in [0.15, 0.2) is 24.4 Å². The van der Waals surface area contributed by atoms with Gasteiger partial charge in [0.2, 0.25) is 0 Å². The van der Waals surface area contributed by atoms with Crippen LogP contribution in [0.25, 0.3) is 0 Å². The van der Waals surface area contributed by atoms with Crippen LogP contribution in [-0.4, -0.2) is 19.8 Å². The molecule has 2 aromatic rings. The second-order valence-corrected chi connectivity index (χ2v) is 4.16. The SMILES string of the molecule is Cc1cc(Nc2ccc(C(N)=S)nc2)n(C)n1. The molecule has 0 aliphatic rings. The Hall–Kier alpha value is -1.95. The highest BCUT2D eigenvalue weighted by atomic mass is 32.1. The number of hydrogen-bond acceptors (Lipinski definition) is 4. The summed E-state index contributed by atoms with van der Waals surface area (Å²) in [6.07, 6.45) is 1.69. The van der Waals surface area contributed by atoms with Crippen molar-refractivity contribution in [1.82, 2.24) is 14.8 Å². The Labute approximate surface area is 105 Å². The highest BCUT2D eigenvalue weighted by molar-refractivity contribution is 7.80. The summed E-state index contributed by atoms with van der Waals surface area (Å²) < 4.78 is 1.77. The first-order valence-electron chi connectivity index (χ1n) is 5.10. The second kappa shape index (κ2) is 4.50.